The SMILES string of the molecule is CC(NC(=O)c1cc(S(C)(=O)=O)ccc1Cl)C1CC2CCC1C2. The third-order valence-corrected chi connectivity index (χ3v) is 6.84. The number of amides is 1. The molecule has 4 atom stereocenters. The predicted molar refractivity (Wildman–Crippen MR) is 90.4 cm³/mol. The van der Waals surface area contributed by atoms with E-state index in [0.717, 1.165) is 12.2 Å². The first-order chi connectivity index (χ1) is 10.8. The Morgan fingerprint density at radius 1 is 1.30 bits per heavy atom. The molecule has 4 unspecified atom stereocenters. The zero-order valence-corrected chi connectivity index (χ0v) is 15.0. The smallest absolute Gasteiger partial charge is 0.253 e. The number of halogens is 1. The molecule has 0 saturated heterocycles. The van der Waals surface area contributed by atoms with E-state index in [4.69, 9.17) is 11.6 Å². The van der Waals surface area contributed by atoms with Crippen LogP contribution in [0.3, 0.4) is 0 Å². The summed E-state index contributed by atoms with van der Waals surface area (Å²) in [6.07, 6.45) is 6.18. The van der Waals surface area contributed by atoms with Crippen LogP contribution in [0.4, 0.5) is 0 Å². The van der Waals surface area contributed by atoms with E-state index in [9.17, 15) is 13.2 Å². The lowest BCUT2D eigenvalue weighted by Crippen LogP contribution is -2.40. The maximum atomic E-state index is 12.5. The molecule has 2 bridgehead atoms. The first-order valence-corrected chi connectivity index (χ1v) is 10.3. The van der Waals surface area contributed by atoms with Crippen LogP contribution in [0.1, 0.15) is 43.0 Å². The summed E-state index contributed by atoms with van der Waals surface area (Å²) in [5, 5.41) is 3.30. The van der Waals surface area contributed by atoms with Crippen molar-refractivity contribution in [2.75, 3.05) is 6.26 Å². The van der Waals surface area contributed by atoms with Crippen LogP contribution in [0.2, 0.25) is 5.02 Å². The van der Waals surface area contributed by atoms with Gasteiger partial charge in [0.1, 0.15) is 0 Å². The molecular formula is C17H22ClNO3S. The third-order valence-electron chi connectivity index (χ3n) is 5.40. The van der Waals surface area contributed by atoms with Crippen molar-refractivity contribution in [3.05, 3.63) is 28.8 Å². The summed E-state index contributed by atoms with van der Waals surface area (Å²) in [7, 11) is -3.37. The summed E-state index contributed by atoms with van der Waals surface area (Å²) >= 11 is 6.09. The van der Waals surface area contributed by atoms with Crippen LogP contribution in [0.25, 0.3) is 0 Å². The number of hydrogen-bond donors (Lipinski definition) is 1. The molecule has 0 heterocycles. The fraction of sp³-hybridized carbons (Fsp3) is 0.588. The largest absolute Gasteiger partial charge is 0.349 e. The molecule has 2 fully saturated rings. The van der Waals surface area contributed by atoms with E-state index in [0.29, 0.717) is 11.8 Å². The van der Waals surface area contributed by atoms with Crippen molar-refractivity contribution in [1.82, 2.24) is 5.32 Å². The van der Waals surface area contributed by atoms with Gasteiger partial charge < -0.3 is 5.32 Å². The van der Waals surface area contributed by atoms with E-state index in [1.807, 2.05) is 6.92 Å². The Balaban J connectivity index is 1.75. The zero-order valence-electron chi connectivity index (χ0n) is 13.4. The quantitative estimate of drug-likeness (QED) is 0.901. The minimum Gasteiger partial charge on any atom is -0.349 e. The van der Waals surface area contributed by atoms with E-state index in [1.165, 1.54) is 43.9 Å². The van der Waals surface area contributed by atoms with Crippen molar-refractivity contribution >= 4 is 27.3 Å². The van der Waals surface area contributed by atoms with Crippen molar-refractivity contribution in [3.63, 3.8) is 0 Å². The monoisotopic (exact) mass is 355 g/mol. The summed E-state index contributed by atoms with van der Waals surface area (Å²) in [5.74, 6) is 1.76. The average Bonchev–Trinajstić information content (AvgIpc) is 3.08. The van der Waals surface area contributed by atoms with Gasteiger partial charge in [0.2, 0.25) is 0 Å². The Morgan fingerprint density at radius 3 is 2.61 bits per heavy atom. The molecule has 1 aromatic carbocycles. The predicted octanol–water partition coefficient (Wildman–Crippen LogP) is 3.30. The normalized spacial score (nSPS) is 27.9. The number of rotatable bonds is 4. The second-order valence-corrected chi connectivity index (χ2v) is 9.44. The first kappa shape index (κ1) is 16.8. The summed E-state index contributed by atoms with van der Waals surface area (Å²) < 4.78 is 23.3. The Bertz CT molecular complexity index is 731. The summed E-state index contributed by atoms with van der Waals surface area (Å²) in [6.45, 7) is 2.04. The highest BCUT2D eigenvalue weighted by molar-refractivity contribution is 7.90. The van der Waals surface area contributed by atoms with Crippen molar-refractivity contribution in [1.29, 1.82) is 0 Å². The van der Waals surface area contributed by atoms with Crippen LogP contribution in [0.5, 0.6) is 0 Å². The molecule has 1 aromatic rings. The second-order valence-electron chi connectivity index (χ2n) is 7.01. The Morgan fingerprint density at radius 2 is 2.04 bits per heavy atom. The first-order valence-electron chi connectivity index (χ1n) is 8.06. The molecule has 4 nitrogen and oxygen atoms in total. The van der Waals surface area contributed by atoms with Gasteiger partial charge in [-0.3, -0.25) is 4.79 Å². The Kier molecular flexibility index (Phi) is 4.45. The summed E-state index contributed by atoms with van der Waals surface area (Å²) in [5.41, 5.74) is 0.226. The molecule has 0 radical (unpaired) electrons. The fourth-order valence-electron chi connectivity index (χ4n) is 4.21. The highest BCUT2D eigenvalue weighted by Crippen LogP contribution is 2.49. The molecule has 2 saturated carbocycles. The average molecular weight is 356 g/mol. The molecule has 126 valence electrons. The van der Waals surface area contributed by atoms with Crippen molar-refractivity contribution in [2.45, 2.75) is 43.5 Å². The van der Waals surface area contributed by atoms with Gasteiger partial charge in [-0.05, 0) is 62.1 Å². The van der Waals surface area contributed by atoms with Gasteiger partial charge in [0, 0.05) is 12.3 Å². The second kappa shape index (κ2) is 6.10. The van der Waals surface area contributed by atoms with E-state index in [2.05, 4.69) is 5.32 Å². The molecule has 1 amide bonds. The minimum absolute atomic E-state index is 0.0794. The Hall–Kier alpha value is -1.07. The topological polar surface area (TPSA) is 63.2 Å². The number of hydrogen-bond acceptors (Lipinski definition) is 3. The molecule has 1 N–H and O–H groups in total. The maximum absolute atomic E-state index is 12.5. The summed E-state index contributed by atoms with van der Waals surface area (Å²) in [6, 6.07) is 4.33. The number of benzene rings is 1. The standard InChI is InChI=1S/C17H22ClNO3S/c1-10(14-8-11-3-4-12(14)7-11)19-17(20)15-9-13(23(2,21)22)5-6-16(15)18/h5-6,9-12,14H,3-4,7-8H2,1-2H3,(H,19,20). The van der Waals surface area contributed by atoms with Gasteiger partial charge in [0.25, 0.3) is 5.91 Å². The molecular weight excluding hydrogens is 334 g/mol. The van der Waals surface area contributed by atoms with Gasteiger partial charge in [-0.2, -0.15) is 0 Å². The van der Waals surface area contributed by atoms with Crippen molar-refractivity contribution in [2.24, 2.45) is 17.8 Å². The lowest BCUT2D eigenvalue weighted by molar-refractivity contribution is 0.0915. The van der Waals surface area contributed by atoms with Gasteiger partial charge in [-0.25, -0.2) is 8.42 Å². The summed E-state index contributed by atoms with van der Waals surface area (Å²) in [4.78, 5) is 12.6. The van der Waals surface area contributed by atoms with Crippen LogP contribution in [-0.2, 0) is 9.84 Å². The van der Waals surface area contributed by atoms with E-state index in [-0.39, 0.29) is 27.4 Å². The number of carbonyl (C=O) groups excluding carboxylic acids is 1. The highest BCUT2D eigenvalue weighted by atomic mass is 35.5. The van der Waals surface area contributed by atoms with E-state index >= 15 is 0 Å². The zero-order chi connectivity index (χ0) is 16.8. The van der Waals surface area contributed by atoms with Crippen LogP contribution in [0.15, 0.2) is 23.1 Å². The van der Waals surface area contributed by atoms with Crippen LogP contribution in [-0.4, -0.2) is 26.6 Å². The van der Waals surface area contributed by atoms with Gasteiger partial charge in [0.05, 0.1) is 15.5 Å². The molecule has 6 heteroatoms. The number of sulfone groups is 1. The highest BCUT2D eigenvalue weighted by Gasteiger charge is 2.42. The van der Waals surface area contributed by atoms with Gasteiger partial charge in [0.15, 0.2) is 9.84 Å². The fourth-order valence-corrected chi connectivity index (χ4v) is 5.06. The van der Waals surface area contributed by atoms with E-state index < -0.39 is 9.84 Å². The molecule has 3 rings (SSSR count). The van der Waals surface area contributed by atoms with Crippen LogP contribution < -0.4 is 5.32 Å². The van der Waals surface area contributed by atoms with Gasteiger partial charge in [-0.15, -0.1) is 0 Å². The number of nitrogens with one attached hydrogen (secondary N) is 1. The minimum atomic E-state index is -3.37. The van der Waals surface area contributed by atoms with Crippen molar-refractivity contribution < 1.29 is 13.2 Å². The molecule has 23 heavy (non-hydrogen) atoms. The van der Waals surface area contributed by atoms with Crippen LogP contribution in [0, 0.1) is 17.8 Å². The molecule has 2 aliphatic rings. The lowest BCUT2D eigenvalue weighted by Gasteiger charge is -2.28. The Labute approximate surface area is 142 Å². The van der Waals surface area contributed by atoms with Gasteiger partial charge >= 0.3 is 0 Å². The molecule has 0 spiro atoms. The van der Waals surface area contributed by atoms with E-state index in [1.54, 1.807) is 0 Å². The number of fused-ring (bicyclic) bond motifs is 2. The van der Waals surface area contributed by atoms with Gasteiger partial charge in [-0.1, -0.05) is 18.0 Å². The lowest BCUT2D eigenvalue weighted by atomic mass is 9.84. The maximum Gasteiger partial charge on any atom is 0.253 e. The third kappa shape index (κ3) is 3.41. The van der Waals surface area contributed by atoms with Crippen LogP contribution >= 0.6 is 11.6 Å². The number of carbonyl (C=O) groups is 1. The molecule has 2 aliphatic carbocycles. The molecule has 0 aliphatic heterocycles. The van der Waals surface area contributed by atoms with Crippen molar-refractivity contribution in [3.8, 4) is 0 Å². The molecule has 0 aromatic heterocycles.